The van der Waals surface area contributed by atoms with Crippen LogP contribution in [0.5, 0.6) is 0 Å². The predicted octanol–water partition coefficient (Wildman–Crippen LogP) is 0.503. The zero-order valence-corrected chi connectivity index (χ0v) is 6.70. The lowest BCUT2D eigenvalue weighted by Crippen LogP contribution is -2.18. The molecule has 12 heavy (non-hydrogen) atoms. The molecule has 0 radical (unpaired) electrons. The van der Waals surface area contributed by atoms with E-state index in [-0.39, 0.29) is 13.0 Å². The van der Waals surface area contributed by atoms with Gasteiger partial charge in [0.25, 0.3) is 0 Å². The largest absolute Gasteiger partial charge is 0.383 e. The fraction of sp³-hybridized carbons (Fsp3) is 0.375. The minimum atomic E-state index is -1.03. The van der Waals surface area contributed by atoms with Crippen LogP contribution in [-0.2, 0) is 6.42 Å². The number of pyridine rings is 1. The second kappa shape index (κ2) is 4.01. The van der Waals surface area contributed by atoms with Gasteiger partial charge in [0, 0.05) is 19.2 Å². The Balaban J connectivity index is 2.69. The Bertz CT molecular complexity index is 252. The summed E-state index contributed by atoms with van der Waals surface area (Å²) in [4.78, 5) is 3.84. The molecule has 3 nitrogen and oxygen atoms in total. The molecule has 0 spiro atoms. The molecule has 0 amide bonds. The Morgan fingerprint density at radius 3 is 2.92 bits per heavy atom. The highest BCUT2D eigenvalue weighted by Gasteiger charge is 2.07. The number of nitrogens with zero attached hydrogens (tertiary/aromatic N) is 1. The van der Waals surface area contributed by atoms with Crippen LogP contribution in [0.1, 0.15) is 5.56 Å². The second-order valence-electron chi connectivity index (χ2n) is 2.58. The summed E-state index contributed by atoms with van der Waals surface area (Å²) in [6, 6.07) is 3.49. The first kappa shape index (κ1) is 8.93. The standard InChI is InChI=1S/C8H12FN3/c9-7(5-10)4-6-2-1-3-12-8(6)11/h1-3,7H,4-5,10H2,(H2,11,12). The molecule has 1 heterocycles. The summed E-state index contributed by atoms with van der Waals surface area (Å²) >= 11 is 0. The van der Waals surface area contributed by atoms with Crippen molar-refractivity contribution in [3.63, 3.8) is 0 Å². The zero-order chi connectivity index (χ0) is 8.97. The van der Waals surface area contributed by atoms with E-state index in [9.17, 15) is 4.39 Å². The topological polar surface area (TPSA) is 64.9 Å². The van der Waals surface area contributed by atoms with E-state index >= 15 is 0 Å². The Morgan fingerprint density at radius 1 is 1.58 bits per heavy atom. The van der Waals surface area contributed by atoms with Gasteiger partial charge in [-0.3, -0.25) is 0 Å². The second-order valence-corrected chi connectivity index (χ2v) is 2.58. The SMILES string of the molecule is NCC(F)Cc1cccnc1N. The molecule has 0 bridgehead atoms. The van der Waals surface area contributed by atoms with Crippen molar-refractivity contribution in [2.45, 2.75) is 12.6 Å². The van der Waals surface area contributed by atoms with E-state index in [0.29, 0.717) is 5.82 Å². The molecule has 4 N–H and O–H groups in total. The maximum absolute atomic E-state index is 12.8. The number of anilines is 1. The number of hydrogen-bond donors (Lipinski definition) is 2. The van der Waals surface area contributed by atoms with Gasteiger partial charge in [-0.15, -0.1) is 0 Å². The highest BCUT2D eigenvalue weighted by Crippen LogP contribution is 2.10. The van der Waals surface area contributed by atoms with E-state index in [4.69, 9.17) is 11.5 Å². The molecule has 0 aromatic carbocycles. The molecule has 0 fully saturated rings. The van der Waals surface area contributed by atoms with Crippen molar-refractivity contribution in [2.24, 2.45) is 5.73 Å². The van der Waals surface area contributed by atoms with Crippen LogP contribution in [0.15, 0.2) is 18.3 Å². The molecule has 0 aliphatic carbocycles. The third-order valence-electron chi connectivity index (χ3n) is 1.62. The lowest BCUT2D eigenvalue weighted by Gasteiger charge is -2.06. The maximum atomic E-state index is 12.8. The molecule has 4 heteroatoms. The summed E-state index contributed by atoms with van der Waals surface area (Å²) in [5.41, 5.74) is 11.4. The van der Waals surface area contributed by atoms with E-state index in [1.54, 1.807) is 18.3 Å². The lowest BCUT2D eigenvalue weighted by molar-refractivity contribution is 0.340. The maximum Gasteiger partial charge on any atom is 0.126 e. The van der Waals surface area contributed by atoms with Gasteiger partial charge in [0.1, 0.15) is 12.0 Å². The summed E-state index contributed by atoms with van der Waals surface area (Å²) in [6.07, 6.45) is 0.793. The number of hydrogen-bond acceptors (Lipinski definition) is 3. The summed E-state index contributed by atoms with van der Waals surface area (Å²) < 4.78 is 12.8. The molecule has 0 aliphatic rings. The van der Waals surface area contributed by atoms with Crippen LogP contribution >= 0.6 is 0 Å². The van der Waals surface area contributed by atoms with Crippen molar-refractivity contribution < 1.29 is 4.39 Å². The Labute approximate surface area is 70.6 Å². The number of alkyl halides is 1. The molecule has 0 aliphatic heterocycles. The Morgan fingerprint density at radius 2 is 2.33 bits per heavy atom. The van der Waals surface area contributed by atoms with Crippen molar-refractivity contribution in [3.05, 3.63) is 23.9 Å². The molecule has 1 atom stereocenters. The molecular formula is C8H12FN3. The molecule has 1 aromatic rings. The number of aromatic nitrogens is 1. The lowest BCUT2D eigenvalue weighted by atomic mass is 10.1. The van der Waals surface area contributed by atoms with Gasteiger partial charge < -0.3 is 11.5 Å². The van der Waals surface area contributed by atoms with Gasteiger partial charge in [-0.2, -0.15) is 0 Å². The number of halogens is 1. The van der Waals surface area contributed by atoms with Gasteiger partial charge in [-0.1, -0.05) is 6.07 Å². The minimum Gasteiger partial charge on any atom is -0.383 e. The average Bonchev–Trinajstić information content (AvgIpc) is 2.09. The van der Waals surface area contributed by atoms with E-state index in [1.807, 2.05) is 0 Å². The molecular weight excluding hydrogens is 157 g/mol. The first-order valence-corrected chi connectivity index (χ1v) is 3.77. The predicted molar refractivity (Wildman–Crippen MR) is 46.3 cm³/mol. The normalized spacial score (nSPS) is 12.8. The van der Waals surface area contributed by atoms with Gasteiger partial charge in [0.15, 0.2) is 0 Å². The van der Waals surface area contributed by atoms with Gasteiger partial charge in [0.05, 0.1) is 0 Å². The molecule has 0 saturated heterocycles. The van der Waals surface area contributed by atoms with E-state index in [0.717, 1.165) is 5.56 Å². The van der Waals surface area contributed by atoms with Crippen molar-refractivity contribution in [1.82, 2.24) is 4.98 Å². The van der Waals surface area contributed by atoms with Crippen molar-refractivity contribution >= 4 is 5.82 Å². The van der Waals surface area contributed by atoms with Crippen LogP contribution in [0, 0.1) is 0 Å². The number of nitrogens with two attached hydrogens (primary N) is 2. The summed E-state index contributed by atoms with van der Waals surface area (Å²) in [6.45, 7) is 0.0222. The summed E-state index contributed by atoms with van der Waals surface area (Å²) in [7, 11) is 0. The van der Waals surface area contributed by atoms with Crippen LogP contribution in [0.2, 0.25) is 0 Å². The highest BCUT2D eigenvalue weighted by atomic mass is 19.1. The third kappa shape index (κ3) is 2.17. The van der Waals surface area contributed by atoms with Crippen molar-refractivity contribution in [1.29, 1.82) is 0 Å². The summed E-state index contributed by atoms with van der Waals surface area (Å²) in [5.74, 6) is 0.383. The van der Waals surface area contributed by atoms with Crippen LogP contribution in [0.25, 0.3) is 0 Å². The smallest absolute Gasteiger partial charge is 0.126 e. The van der Waals surface area contributed by atoms with Gasteiger partial charge in [-0.05, 0) is 11.6 Å². The zero-order valence-electron chi connectivity index (χ0n) is 6.70. The fourth-order valence-corrected chi connectivity index (χ4v) is 0.945. The van der Waals surface area contributed by atoms with Crippen LogP contribution < -0.4 is 11.5 Å². The van der Waals surface area contributed by atoms with Crippen LogP contribution in [0.3, 0.4) is 0 Å². The average molecular weight is 169 g/mol. The van der Waals surface area contributed by atoms with Gasteiger partial charge in [-0.25, -0.2) is 9.37 Å². The highest BCUT2D eigenvalue weighted by molar-refractivity contribution is 5.38. The quantitative estimate of drug-likeness (QED) is 0.692. The van der Waals surface area contributed by atoms with Crippen LogP contribution in [-0.4, -0.2) is 17.7 Å². The first-order chi connectivity index (χ1) is 5.74. The van der Waals surface area contributed by atoms with Crippen molar-refractivity contribution in [2.75, 3.05) is 12.3 Å². The van der Waals surface area contributed by atoms with E-state index in [2.05, 4.69) is 4.98 Å². The molecule has 66 valence electrons. The third-order valence-corrected chi connectivity index (χ3v) is 1.62. The summed E-state index contributed by atoms with van der Waals surface area (Å²) in [5, 5.41) is 0. The van der Waals surface area contributed by atoms with E-state index in [1.165, 1.54) is 0 Å². The first-order valence-electron chi connectivity index (χ1n) is 3.77. The Kier molecular flexibility index (Phi) is 2.99. The van der Waals surface area contributed by atoms with Crippen molar-refractivity contribution in [3.8, 4) is 0 Å². The molecule has 0 saturated carbocycles. The van der Waals surface area contributed by atoms with E-state index < -0.39 is 6.17 Å². The fourth-order valence-electron chi connectivity index (χ4n) is 0.945. The molecule has 1 unspecified atom stereocenters. The molecule has 1 aromatic heterocycles. The van der Waals surface area contributed by atoms with Gasteiger partial charge in [0.2, 0.25) is 0 Å². The molecule has 1 rings (SSSR count). The number of rotatable bonds is 3. The van der Waals surface area contributed by atoms with Gasteiger partial charge >= 0.3 is 0 Å². The minimum absolute atomic E-state index is 0.0222. The monoisotopic (exact) mass is 169 g/mol. The number of nitrogen functional groups attached to an aromatic ring is 1. The van der Waals surface area contributed by atoms with Crippen LogP contribution in [0.4, 0.5) is 10.2 Å². The Hall–Kier alpha value is -1.16.